The number of likely N-dealkylation sites (tertiary alicyclic amines) is 1. The first-order valence-corrected chi connectivity index (χ1v) is 8.93. The Balaban J connectivity index is 2.11. The van der Waals surface area contributed by atoms with E-state index in [-0.39, 0.29) is 10.9 Å². The number of nitrogens with zero attached hydrogens (tertiary/aromatic N) is 1. The molecule has 0 aliphatic carbocycles. The molecular formula is C14H25N3O3S. The van der Waals surface area contributed by atoms with Crippen LogP contribution in [0, 0.1) is 6.92 Å². The van der Waals surface area contributed by atoms with Gasteiger partial charge in [0.2, 0.25) is 10.0 Å². The average molecular weight is 315 g/mol. The number of rotatable bonds is 6. The molecule has 120 valence electrons. The van der Waals surface area contributed by atoms with Crippen molar-refractivity contribution in [3.05, 3.63) is 17.6 Å². The Bertz CT molecular complexity index is 568. The molecule has 1 unspecified atom stereocenters. The van der Waals surface area contributed by atoms with E-state index in [9.17, 15) is 8.42 Å². The lowest BCUT2D eigenvalue weighted by atomic mass is 10.1. The Kier molecular flexibility index (Phi) is 5.43. The van der Waals surface area contributed by atoms with Gasteiger partial charge in [-0.2, -0.15) is 0 Å². The van der Waals surface area contributed by atoms with Crippen LogP contribution in [0.25, 0.3) is 0 Å². The van der Waals surface area contributed by atoms with Crippen LogP contribution in [0.15, 0.2) is 15.4 Å². The lowest BCUT2D eigenvalue weighted by Gasteiger charge is -2.31. The molecule has 1 fully saturated rings. The molecule has 2 rings (SSSR count). The van der Waals surface area contributed by atoms with Crippen LogP contribution in [0.4, 0.5) is 0 Å². The van der Waals surface area contributed by atoms with Crippen molar-refractivity contribution in [1.29, 1.82) is 0 Å². The van der Waals surface area contributed by atoms with Crippen molar-refractivity contribution in [2.45, 2.75) is 44.2 Å². The van der Waals surface area contributed by atoms with Crippen molar-refractivity contribution in [2.24, 2.45) is 0 Å². The first kappa shape index (κ1) is 16.5. The summed E-state index contributed by atoms with van der Waals surface area (Å²) in [5.74, 6) is 1.07. The van der Waals surface area contributed by atoms with Crippen LogP contribution in [-0.2, 0) is 16.6 Å². The molecule has 0 amide bonds. The van der Waals surface area contributed by atoms with Gasteiger partial charge in [-0.15, -0.1) is 0 Å². The van der Waals surface area contributed by atoms with Gasteiger partial charge in [-0.05, 0) is 39.9 Å². The molecule has 2 heterocycles. The SMILES string of the molecule is CCN1CCCC(NS(=O)(=O)c2cc(CNC)oc2C)C1. The van der Waals surface area contributed by atoms with Crippen molar-refractivity contribution in [3.8, 4) is 0 Å². The Morgan fingerprint density at radius 2 is 2.24 bits per heavy atom. The molecule has 2 N–H and O–H groups in total. The van der Waals surface area contributed by atoms with Crippen molar-refractivity contribution < 1.29 is 12.8 Å². The van der Waals surface area contributed by atoms with Gasteiger partial charge in [-0.25, -0.2) is 13.1 Å². The molecule has 0 aromatic carbocycles. The molecule has 1 atom stereocenters. The maximum Gasteiger partial charge on any atom is 0.244 e. The van der Waals surface area contributed by atoms with E-state index in [0.717, 1.165) is 32.5 Å². The molecule has 0 saturated carbocycles. The quantitative estimate of drug-likeness (QED) is 0.821. The monoisotopic (exact) mass is 315 g/mol. The molecule has 1 aromatic heterocycles. The summed E-state index contributed by atoms with van der Waals surface area (Å²) < 4.78 is 33.4. The van der Waals surface area contributed by atoms with E-state index in [0.29, 0.717) is 18.1 Å². The maximum absolute atomic E-state index is 12.5. The zero-order valence-electron chi connectivity index (χ0n) is 13.0. The summed E-state index contributed by atoms with van der Waals surface area (Å²) in [6.45, 7) is 7.08. The Hall–Kier alpha value is -0.890. The molecule has 21 heavy (non-hydrogen) atoms. The second-order valence-corrected chi connectivity index (χ2v) is 7.20. The highest BCUT2D eigenvalue weighted by molar-refractivity contribution is 7.89. The van der Waals surface area contributed by atoms with E-state index in [1.807, 2.05) is 0 Å². The average Bonchev–Trinajstić information content (AvgIpc) is 2.81. The smallest absolute Gasteiger partial charge is 0.244 e. The van der Waals surface area contributed by atoms with Crippen LogP contribution in [0.3, 0.4) is 0 Å². The number of hydrogen-bond donors (Lipinski definition) is 2. The first-order chi connectivity index (χ1) is 9.96. The van der Waals surface area contributed by atoms with Crippen LogP contribution in [0.5, 0.6) is 0 Å². The highest BCUT2D eigenvalue weighted by Crippen LogP contribution is 2.21. The second kappa shape index (κ2) is 6.91. The highest BCUT2D eigenvalue weighted by atomic mass is 32.2. The highest BCUT2D eigenvalue weighted by Gasteiger charge is 2.27. The Morgan fingerprint density at radius 3 is 2.90 bits per heavy atom. The minimum Gasteiger partial charge on any atom is -0.464 e. The third-order valence-corrected chi connectivity index (χ3v) is 5.47. The predicted octanol–water partition coefficient (Wildman–Crippen LogP) is 1.07. The standard InChI is InChI=1S/C14H25N3O3S/c1-4-17-7-5-6-12(10-17)16-21(18,19)14-8-13(9-15-3)20-11(14)2/h8,12,15-16H,4-7,9-10H2,1-3H3. The predicted molar refractivity (Wildman–Crippen MR) is 81.7 cm³/mol. The lowest BCUT2D eigenvalue weighted by Crippen LogP contribution is -2.47. The van der Waals surface area contributed by atoms with Gasteiger partial charge in [0, 0.05) is 18.7 Å². The zero-order valence-corrected chi connectivity index (χ0v) is 13.8. The summed E-state index contributed by atoms with van der Waals surface area (Å²) in [6.07, 6.45) is 1.91. The lowest BCUT2D eigenvalue weighted by molar-refractivity contribution is 0.211. The van der Waals surface area contributed by atoms with Gasteiger partial charge in [0.15, 0.2) is 0 Å². The minimum absolute atomic E-state index is 0.0225. The van der Waals surface area contributed by atoms with Crippen molar-refractivity contribution in [1.82, 2.24) is 14.9 Å². The molecule has 0 bridgehead atoms. The summed E-state index contributed by atoms with van der Waals surface area (Å²) >= 11 is 0. The molecule has 1 aliphatic rings. The van der Waals surface area contributed by atoms with Crippen molar-refractivity contribution in [3.63, 3.8) is 0 Å². The molecule has 0 spiro atoms. The molecule has 7 heteroatoms. The fraction of sp³-hybridized carbons (Fsp3) is 0.714. The molecule has 1 saturated heterocycles. The Labute approximate surface area is 126 Å². The van der Waals surface area contributed by atoms with E-state index in [1.54, 1.807) is 20.0 Å². The van der Waals surface area contributed by atoms with Gasteiger partial charge in [-0.3, -0.25) is 0 Å². The number of hydrogen-bond acceptors (Lipinski definition) is 5. The van der Waals surface area contributed by atoms with E-state index < -0.39 is 10.0 Å². The maximum atomic E-state index is 12.5. The van der Waals surface area contributed by atoms with Gasteiger partial charge >= 0.3 is 0 Å². The van der Waals surface area contributed by atoms with E-state index >= 15 is 0 Å². The summed E-state index contributed by atoms with van der Waals surface area (Å²) in [7, 11) is -1.72. The third kappa shape index (κ3) is 4.06. The summed E-state index contributed by atoms with van der Waals surface area (Å²) in [6, 6.07) is 1.58. The van der Waals surface area contributed by atoms with Gasteiger partial charge in [0.05, 0.1) is 6.54 Å². The zero-order chi connectivity index (χ0) is 15.5. The third-order valence-electron chi connectivity index (χ3n) is 3.84. The molecule has 0 radical (unpaired) electrons. The molecular weight excluding hydrogens is 290 g/mol. The van der Waals surface area contributed by atoms with Crippen LogP contribution >= 0.6 is 0 Å². The van der Waals surface area contributed by atoms with Gasteiger partial charge in [-0.1, -0.05) is 6.92 Å². The van der Waals surface area contributed by atoms with E-state index in [4.69, 9.17) is 4.42 Å². The van der Waals surface area contributed by atoms with Crippen LogP contribution in [-0.4, -0.2) is 46.0 Å². The van der Waals surface area contributed by atoms with Crippen molar-refractivity contribution >= 4 is 10.0 Å². The largest absolute Gasteiger partial charge is 0.464 e. The van der Waals surface area contributed by atoms with Crippen LogP contribution in [0.1, 0.15) is 31.3 Å². The van der Waals surface area contributed by atoms with Crippen LogP contribution < -0.4 is 10.0 Å². The van der Waals surface area contributed by atoms with E-state index in [2.05, 4.69) is 21.9 Å². The summed E-state index contributed by atoms with van der Waals surface area (Å²) in [5, 5.41) is 2.96. The fourth-order valence-electron chi connectivity index (χ4n) is 2.77. The number of nitrogens with one attached hydrogen (secondary N) is 2. The number of sulfonamides is 1. The second-order valence-electron chi connectivity index (χ2n) is 5.52. The number of furan rings is 1. The number of piperidine rings is 1. The van der Waals surface area contributed by atoms with E-state index in [1.165, 1.54) is 0 Å². The fourth-order valence-corrected chi connectivity index (χ4v) is 4.24. The number of aryl methyl sites for hydroxylation is 1. The van der Waals surface area contributed by atoms with Crippen LogP contribution in [0.2, 0.25) is 0 Å². The molecule has 1 aliphatic heterocycles. The minimum atomic E-state index is -3.52. The number of likely N-dealkylation sites (N-methyl/N-ethyl adjacent to an activating group) is 1. The normalized spacial score (nSPS) is 20.8. The molecule has 6 nitrogen and oxygen atoms in total. The summed E-state index contributed by atoms with van der Waals surface area (Å²) in [5.41, 5.74) is 0. The Morgan fingerprint density at radius 1 is 1.48 bits per heavy atom. The van der Waals surface area contributed by atoms with Crippen molar-refractivity contribution in [2.75, 3.05) is 26.7 Å². The topological polar surface area (TPSA) is 74.6 Å². The van der Waals surface area contributed by atoms with Gasteiger partial charge in [0.1, 0.15) is 16.4 Å². The van der Waals surface area contributed by atoms with Gasteiger partial charge < -0.3 is 14.6 Å². The first-order valence-electron chi connectivity index (χ1n) is 7.45. The molecule has 1 aromatic rings. The summed E-state index contributed by atoms with van der Waals surface area (Å²) in [4.78, 5) is 2.52. The van der Waals surface area contributed by atoms with Gasteiger partial charge in [0.25, 0.3) is 0 Å².